The quantitative estimate of drug-likeness (QED) is 0.232. The molecule has 5 rings (SSSR count). The number of fused-ring (bicyclic) bond motifs is 1. The first-order chi connectivity index (χ1) is 20.0. The summed E-state index contributed by atoms with van der Waals surface area (Å²) < 4.78 is 37.4. The summed E-state index contributed by atoms with van der Waals surface area (Å²) >= 11 is 1.53. The van der Waals surface area contributed by atoms with Crippen molar-refractivity contribution in [2.75, 3.05) is 31.3 Å². The lowest BCUT2D eigenvalue weighted by molar-refractivity contribution is -0.192. The van der Waals surface area contributed by atoms with Crippen LogP contribution in [0.3, 0.4) is 0 Å². The Labute approximate surface area is 242 Å². The number of primary amides is 1. The van der Waals surface area contributed by atoms with Gasteiger partial charge in [-0.1, -0.05) is 18.2 Å². The van der Waals surface area contributed by atoms with Gasteiger partial charge < -0.3 is 31.1 Å². The fourth-order valence-electron chi connectivity index (χ4n) is 4.12. The van der Waals surface area contributed by atoms with Crippen LogP contribution in [0.2, 0.25) is 0 Å². The summed E-state index contributed by atoms with van der Waals surface area (Å²) in [5.41, 5.74) is 12.6. The lowest BCUT2D eigenvalue weighted by atomic mass is 9.99. The molecule has 0 radical (unpaired) electrons. The third kappa shape index (κ3) is 7.30. The molecular formula is C27H26F3N7O4S. The number of para-hydroxylation sites is 1. The van der Waals surface area contributed by atoms with Crippen molar-refractivity contribution >= 4 is 46.4 Å². The molecule has 2 aromatic heterocycles. The maximum Gasteiger partial charge on any atom is 0.490 e. The van der Waals surface area contributed by atoms with Crippen LogP contribution in [0.5, 0.6) is 5.75 Å². The van der Waals surface area contributed by atoms with Crippen LogP contribution in [0, 0.1) is 0 Å². The molecule has 0 spiro atoms. The van der Waals surface area contributed by atoms with E-state index in [1.54, 1.807) is 18.8 Å². The average Bonchev–Trinajstić information content (AvgIpc) is 3.48. The van der Waals surface area contributed by atoms with Crippen molar-refractivity contribution in [2.45, 2.75) is 19.1 Å². The molecule has 0 saturated carbocycles. The summed E-state index contributed by atoms with van der Waals surface area (Å²) in [6.07, 6.45) is -0.888. The summed E-state index contributed by atoms with van der Waals surface area (Å²) in [5.74, 6) is -2.05. The van der Waals surface area contributed by atoms with Gasteiger partial charge in [-0.3, -0.25) is 9.78 Å². The number of benzene rings is 2. The molecule has 0 aliphatic carbocycles. The van der Waals surface area contributed by atoms with Crippen molar-refractivity contribution in [3.8, 4) is 16.2 Å². The molecule has 3 heterocycles. The number of hydrogen-bond donors (Lipinski definition) is 4. The van der Waals surface area contributed by atoms with Gasteiger partial charge in [-0.25, -0.2) is 9.78 Å². The summed E-state index contributed by atoms with van der Waals surface area (Å²) in [6, 6.07) is 11.9. The minimum atomic E-state index is -5.08. The number of ether oxygens (including phenoxy) is 1. The monoisotopic (exact) mass is 601 g/mol. The molecule has 1 amide bonds. The number of nitrogens with one attached hydrogen (secondary N) is 2. The molecule has 11 nitrogen and oxygen atoms in total. The molecule has 0 fully saturated rings. The van der Waals surface area contributed by atoms with Crippen molar-refractivity contribution in [1.29, 1.82) is 0 Å². The first kappa shape index (κ1) is 30.2. The average molecular weight is 602 g/mol. The molecule has 42 heavy (non-hydrogen) atoms. The highest BCUT2D eigenvalue weighted by atomic mass is 32.1. The predicted molar refractivity (Wildman–Crippen MR) is 151 cm³/mol. The smallest absolute Gasteiger partial charge is 0.490 e. The standard InChI is InChI=1S/C25H25N7O2S.C2HF3O2/c1-32-8-7-15-10-21(34-2)20(9-16(15)13-32)30-25-28-11-18(23(26)33)24(31-25)29-19-6-4-3-5-17(19)22-12-27-14-35-22;3-2(4,5)1(6)7/h3-6,9-12,14H,7-8,13H2,1-2H3,(H2,26,33)(H2,28,29,30,31);(H,6,7). The fraction of sp³-hybridized carbons (Fsp3) is 0.222. The molecule has 1 aliphatic rings. The number of methoxy groups -OCH3 is 1. The number of rotatable bonds is 7. The zero-order valence-electron chi connectivity index (χ0n) is 22.4. The molecule has 0 atom stereocenters. The molecule has 4 aromatic rings. The Balaban J connectivity index is 0.000000517. The number of hydrogen-bond acceptors (Lipinski definition) is 10. The van der Waals surface area contributed by atoms with Crippen LogP contribution >= 0.6 is 11.3 Å². The minimum absolute atomic E-state index is 0.189. The Hall–Kier alpha value is -4.76. The van der Waals surface area contributed by atoms with E-state index in [1.807, 2.05) is 24.3 Å². The van der Waals surface area contributed by atoms with Crippen LogP contribution in [0.1, 0.15) is 21.5 Å². The second kappa shape index (κ2) is 12.8. The third-order valence-corrected chi connectivity index (χ3v) is 6.95. The summed E-state index contributed by atoms with van der Waals surface area (Å²) in [6.45, 7) is 1.87. The number of amides is 1. The number of likely N-dealkylation sites (N-methyl/N-ethyl adjacent to an activating group) is 1. The highest BCUT2D eigenvalue weighted by Gasteiger charge is 2.38. The number of carboxylic acids is 1. The van der Waals surface area contributed by atoms with Crippen molar-refractivity contribution in [3.63, 3.8) is 0 Å². The van der Waals surface area contributed by atoms with E-state index < -0.39 is 18.1 Å². The van der Waals surface area contributed by atoms with E-state index in [0.29, 0.717) is 17.5 Å². The first-order valence-corrected chi connectivity index (χ1v) is 13.2. The Bertz CT molecular complexity index is 1580. The number of anilines is 4. The van der Waals surface area contributed by atoms with E-state index in [1.165, 1.54) is 28.7 Å². The maximum atomic E-state index is 12.1. The summed E-state index contributed by atoms with van der Waals surface area (Å²) in [4.78, 5) is 37.4. The van der Waals surface area contributed by atoms with Crippen LogP contribution < -0.4 is 21.1 Å². The number of alkyl halides is 3. The summed E-state index contributed by atoms with van der Waals surface area (Å²) in [5, 5.41) is 13.7. The maximum absolute atomic E-state index is 12.1. The van der Waals surface area contributed by atoms with Crippen LogP contribution in [0.15, 0.2) is 54.3 Å². The second-order valence-electron chi connectivity index (χ2n) is 9.09. The minimum Gasteiger partial charge on any atom is -0.495 e. The van der Waals surface area contributed by atoms with Gasteiger partial charge in [-0.05, 0) is 42.8 Å². The third-order valence-electron chi connectivity index (χ3n) is 6.15. The van der Waals surface area contributed by atoms with Crippen LogP contribution in [0.4, 0.5) is 36.3 Å². The molecule has 0 saturated heterocycles. The zero-order chi connectivity index (χ0) is 30.4. The predicted octanol–water partition coefficient (Wildman–Crippen LogP) is 4.82. The van der Waals surface area contributed by atoms with E-state index in [0.717, 1.165) is 41.3 Å². The van der Waals surface area contributed by atoms with Gasteiger partial charge in [-0.15, -0.1) is 11.3 Å². The van der Waals surface area contributed by atoms with Gasteiger partial charge in [0.2, 0.25) is 5.95 Å². The molecule has 1 aliphatic heterocycles. The number of carboxylic acid groups (broad SMARTS) is 1. The summed E-state index contributed by atoms with van der Waals surface area (Å²) in [7, 11) is 3.75. The SMILES string of the molecule is COc1cc2c(cc1Nc1ncc(C(N)=O)c(Nc3ccccc3-c3cncs3)n1)CN(C)CC2.O=C(O)C(F)(F)F. The Morgan fingerprint density at radius 2 is 1.86 bits per heavy atom. The van der Waals surface area contributed by atoms with Crippen LogP contribution in [0.25, 0.3) is 10.4 Å². The van der Waals surface area contributed by atoms with Gasteiger partial charge in [0.25, 0.3) is 5.91 Å². The molecule has 220 valence electrons. The highest BCUT2D eigenvalue weighted by molar-refractivity contribution is 7.13. The van der Waals surface area contributed by atoms with Crippen LogP contribution in [-0.2, 0) is 17.8 Å². The number of halogens is 3. The zero-order valence-corrected chi connectivity index (χ0v) is 23.2. The number of thiazole rings is 1. The van der Waals surface area contributed by atoms with Crippen molar-refractivity contribution in [2.24, 2.45) is 5.73 Å². The fourth-order valence-corrected chi connectivity index (χ4v) is 4.78. The second-order valence-corrected chi connectivity index (χ2v) is 9.98. The number of carbonyl (C=O) groups excluding carboxylic acids is 1. The van der Waals surface area contributed by atoms with Gasteiger partial charge in [0, 0.05) is 36.7 Å². The lowest BCUT2D eigenvalue weighted by Crippen LogP contribution is -2.26. The molecule has 5 N–H and O–H groups in total. The number of carbonyl (C=O) groups is 2. The highest BCUT2D eigenvalue weighted by Crippen LogP contribution is 2.35. The molecule has 0 bridgehead atoms. The number of nitrogens with two attached hydrogens (primary N) is 1. The molecular weight excluding hydrogens is 575 g/mol. The Kier molecular flexibility index (Phi) is 9.22. The molecule has 15 heteroatoms. The topological polar surface area (TPSA) is 156 Å². The first-order valence-electron chi connectivity index (χ1n) is 12.3. The van der Waals surface area contributed by atoms with Gasteiger partial charge in [0.15, 0.2) is 0 Å². The van der Waals surface area contributed by atoms with Crippen molar-refractivity contribution < 1.29 is 32.6 Å². The van der Waals surface area contributed by atoms with Gasteiger partial charge in [0.1, 0.15) is 17.1 Å². The normalized spacial score (nSPS) is 12.9. The van der Waals surface area contributed by atoms with E-state index in [9.17, 15) is 18.0 Å². The van der Waals surface area contributed by atoms with Gasteiger partial charge in [0.05, 0.1) is 23.2 Å². The van der Waals surface area contributed by atoms with E-state index in [-0.39, 0.29) is 5.56 Å². The van der Waals surface area contributed by atoms with Crippen molar-refractivity contribution in [1.82, 2.24) is 19.9 Å². The molecule has 2 aromatic carbocycles. The van der Waals surface area contributed by atoms with Crippen LogP contribution in [-0.4, -0.2) is 63.7 Å². The van der Waals surface area contributed by atoms with E-state index in [2.05, 4.69) is 49.7 Å². The molecule has 0 unspecified atom stereocenters. The van der Waals surface area contributed by atoms with Crippen molar-refractivity contribution in [3.05, 3.63) is 71.0 Å². The largest absolute Gasteiger partial charge is 0.495 e. The number of aromatic nitrogens is 3. The number of aliphatic carboxylic acids is 1. The van der Waals surface area contributed by atoms with Gasteiger partial charge in [-0.2, -0.15) is 18.2 Å². The van der Waals surface area contributed by atoms with Gasteiger partial charge >= 0.3 is 12.1 Å². The Morgan fingerprint density at radius 1 is 1.12 bits per heavy atom. The lowest BCUT2D eigenvalue weighted by Gasteiger charge is -2.26. The van der Waals surface area contributed by atoms with E-state index in [4.69, 9.17) is 20.4 Å². The Morgan fingerprint density at radius 3 is 2.50 bits per heavy atom. The number of nitrogens with zero attached hydrogens (tertiary/aromatic N) is 4. The van der Waals surface area contributed by atoms with E-state index >= 15 is 0 Å².